The van der Waals surface area contributed by atoms with Crippen LogP contribution in [0.25, 0.3) is 0 Å². The van der Waals surface area contributed by atoms with Crippen molar-refractivity contribution in [2.45, 2.75) is 6.54 Å². The molecule has 23 heavy (non-hydrogen) atoms. The highest BCUT2D eigenvalue weighted by Gasteiger charge is 2.19. The zero-order valence-electron chi connectivity index (χ0n) is 12.4. The highest BCUT2D eigenvalue weighted by atomic mass is 35.5. The van der Waals surface area contributed by atoms with E-state index in [-0.39, 0.29) is 5.91 Å². The minimum atomic E-state index is -0.107. The molecular formula is C19H15ClN2O. The third kappa shape index (κ3) is 3.58. The third-order valence-electron chi connectivity index (χ3n) is 3.48. The number of benzene rings is 2. The van der Waals surface area contributed by atoms with E-state index in [2.05, 4.69) is 4.98 Å². The normalized spacial score (nSPS) is 10.3. The van der Waals surface area contributed by atoms with E-state index in [1.54, 1.807) is 23.2 Å². The van der Waals surface area contributed by atoms with Crippen LogP contribution in [0.5, 0.6) is 0 Å². The van der Waals surface area contributed by atoms with Gasteiger partial charge in [-0.15, -0.1) is 0 Å². The average molecular weight is 323 g/mol. The Labute approximate surface area is 140 Å². The highest BCUT2D eigenvalue weighted by Crippen LogP contribution is 2.22. The fourth-order valence-corrected chi connectivity index (χ4v) is 2.50. The van der Waals surface area contributed by atoms with Gasteiger partial charge in [0.1, 0.15) is 5.82 Å². The SMILES string of the molecule is O=C(c1ccccc1)N(Cc1ccccc1Cl)c1ccccn1. The van der Waals surface area contributed by atoms with Crippen LogP contribution in [0.1, 0.15) is 15.9 Å². The Morgan fingerprint density at radius 3 is 2.30 bits per heavy atom. The first-order valence-electron chi connectivity index (χ1n) is 7.27. The minimum absolute atomic E-state index is 0.107. The number of pyridine rings is 1. The number of hydrogen-bond donors (Lipinski definition) is 0. The van der Waals surface area contributed by atoms with Crippen LogP contribution in [-0.4, -0.2) is 10.9 Å². The van der Waals surface area contributed by atoms with E-state index >= 15 is 0 Å². The summed E-state index contributed by atoms with van der Waals surface area (Å²) in [5, 5.41) is 0.634. The van der Waals surface area contributed by atoms with Gasteiger partial charge in [0, 0.05) is 16.8 Å². The van der Waals surface area contributed by atoms with E-state index < -0.39 is 0 Å². The van der Waals surface area contributed by atoms with Gasteiger partial charge in [-0.2, -0.15) is 0 Å². The molecule has 1 amide bonds. The van der Waals surface area contributed by atoms with Crippen LogP contribution in [0, 0.1) is 0 Å². The summed E-state index contributed by atoms with van der Waals surface area (Å²) in [4.78, 5) is 18.9. The quantitative estimate of drug-likeness (QED) is 0.704. The molecule has 0 spiro atoms. The molecule has 114 valence electrons. The first-order valence-corrected chi connectivity index (χ1v) is 7.65. The smallest absolute Gasteiger partial charge is 0.259 e. The van der Waals surface area contributed by atoms with Crippen molar-refractivity contribution in [3.8, 4) is 0 Å². The number of rotatable bonds is 4. The number of nitrogens with zero attached hydrogens (tertiary/aromatic N) is 2. The summed E-state index contributed by atoms with van der Waals surface area (Å²) in [6, 6.07) is 22.2. The van der Waals surface area contributed by atoms with Gasteiger partial charge in [-0.3, -0.25) is 9.69 Å². The molecule has 0 saturated carbocycles. The van der Waals surface area contributed by atoms with Gasteiger partial charge in [-0.25, -0.2) is 4.98 Å². The van der Waals surface area contributed by atoms with Crippen LogP contribution in [-0.2, 0) is 6.54 Å². The van der Waals surface area contributed by atoms with Crippen molar-refractivity contribution >= 4 is 23.3 Å². The molecule has 0 bridgehead atoms. The summed E-state index contributed by atoms with van der Waals surface area (Å²) in [5.74, 6) is 0.491. The standard InChI is InChI=1S/C19H15ClN2O/c20-17-11-5-4-10-16(17)14-22(18-12-6-7-13-21-18)19(23)15-8-2-1-3-9-15/h1-13H,14H2. The van der Waals surface area contributed by atoms with Crippen LogP contribution in [0.4, 0.5) is 5.82 Å². The van der Waals surface area contributed by atoms with Gasteiger partial charge in [-0.1, -0.05) is 54.1 Å². The molecule has 0 N–H and O–H groups in total. The number of carbonyl (C=O) groups is 1. The Bertz CT molecular complexity index is 791. The Morgan fingerprint density at radius 1 is 0.913 bits per heavy atom. The largest absolute Gasteiger partial charge is 0.288 e. The van der Waals surface area contributed by atoms with Crippen LogP contribution >= 0.6 is 11.6 Å². The topological polar surface area (TPSA) is 33.2 Å². The Hall–Kier alpha value is -2.65. The summed E-state index contributed by atoms with van der Waals surface area (Å²) in [6.07, 6.45) is 1.67. The first-order chi connectivity index (χ1) is 11.3. The van der Waals surface area contributed by atoms with Gasteiger partial charge in [0.15, 0.2) is 0 Å². The second-order valence-corrected chi connectivity index (χ2v) is 5.44. The lowest BCUT2D eigenvalue weighted by Gasteiger charge is -2.22. The van der Waals surface area contributed by atoms with E-state index in [0.29, 0.717) is 22.9 Å². The molecule has 0 aliphatic rings. The van der Waals surface area contributed by atoms with Crippen LogP contribution in [0.15, 0.2) is 79.0 Å². The predicted octanol–water partition coefficient (Wildman–Crippen LogP) is 4.58. The van der Waals surface area contributed by atoms with Gasteiger partial charge in [0.2, 0.25) is 0 Å². The number of halogens is 1. The van der Waals surface area contributed by atoms with Crippen molar-refractivity contribution in [1.29, 1.82) is 0 Å². The Kier molecular flexibility index (Phi) is 4.69. The van der Waals surface area contributed by atoms with Crippen LogP contribution in [0.2, 0.25) is 5.02 Å². The third-order valence-corrected chi connectivity index (χ3v) is 3.85. The second-order valence-electron chi connectivity index (χ2n) is 5.04. The zero-order chi connectivity index (χ0) is 16.1. The van der Waals surface area contributed by atoms with Crippen LogP contribution < -0.4 is 4.90 Å². The summed E-state index contributed by atoms with van der Waals surface area (Å²) in [6.45, 7) is 0.365. The molecule has 2 aromatic carbocycles. The summed E-state index contributed by atoms with van der Waals surface area (Å²) in [7, 11) is 0. The molecule has 0 atom stereocenters. The van der Waals surface area contributed by atoms with Gasteiger partial charge < -0.3 is 0 Å². The molecule has 1 aromatic heterocycles. The van der Waals surface area contributed by atoms with Crippen molar-refractivity contribution in [3.63, 3.8) is 0 Å². The maximum atomic E-state index is 12.9. The Balaban J connectivity index is 1.98. The van der Waals surface area contributed by atoms with Crippen molar-refractivity contribution < 1.29 is 4.79 Å². The number of hydrogen-bond acceptors (Lipinski definition) is 2. The van der Waals surface area contributed by atoms with E-state index in [4.69, 9.17) is 11.6 Å². The van der Waals surface area contributed by atoms with E-state index in [1.807, 2.05) is 60.7 Å². The zero-order valence-corrected chi connectivity index (χ0v) is 13.1. The van der Waals surface area contributed by atoms with Crippen molar-refractivity contribution in [3.05, 3.63) is 95.1 Å². The molecule has 0 unspecified atom stereocenters. The fraction of sp³-hybridized carbons (Fsp3) is 0.0526. The van der Waals surface area contributed by atoms with Gasteiger partial charge >= 0.3 is 0 Å². The second kappa shape index (κ2) is 7.07. The summed E-state index contributed by atoms with van der Waals surface area (Å²) in [5.41, 5.74) is 1.49. The molecule has 0 radical (unpaired) electrons. The van der Waals surface area contributed by atoms with Gasteiger partial charge in [-0.05, 0) is 35.9 Å². The molecule has 3 nitrogen and oxygen atoms in total. The Morgan fingerprint density at radius 2 is 1.61 bits per heavy atom. The van der Waals surface area contributed by atoms with Crippen molar-refractivity contribution in [2.24, 2.45) is 0 Å². The molecule has 3 rings (SSSR count). The number of amides is 1. The van der Waals surface area contributed by atoms with Crippen molar-refractivity contribution in [1.82, 2.24) is 4.98 Å². The maximum absolute atomic E-state index is 12.9. The van der Waals surface area contributed by atoms with Gasteiger partial charge in [0.25, 0.3) is 5.91 Å². The van der Waals surface area contributed by atoms with Gasteiger partial charge in [0.05, 0.1) is 6.54 Å². The maximum Gasteiger partial charge on any atom is 0.259 e. The molecule has 1 heterocycles. The fourth-order valence-electron chi connectivity index (χ4n) is 2.30. The first kappa shape index (κ1) is 15.3. The van der Waals surface area contributed by atoms with E-state index in [1.165, 1.54) is 0 Å². The lowest BCUT2D eigenvalue weighted by Crippen LogP contribution is -2.31. The highest BCUT2D eigenvalue weighted by molar-refractivity contribution is 6.31. The number of aromatic nitrogens is 1. The molecule has 3 aromatic rings. The predicted molar refractivity (Wildman–Crippen MR) is 92.6 cm³/mol. The monoisotopic (exact) mass is 322 g/mol. The number of anilines is 1. The summed E-state index contributed by atoms with van der Waals surface area (Å²) >= 11 is 6.25. The molecule has 0 aliphatic heterocycles. The van der Waals surface area contributed by atoms with E-state index in [0.717, 1.165) is 5.56 Å². The molecular weight excluding hydrogens is 308 g/mol. The van der Waals surface area contributed by atoms with E-state index in [9.17, 15) is 4.79 Å². The molecule has 0 aliphatic carbocycles. The number of carbonyl (C=O) groups excluding carboxylic acids is 1. The lowest BCUT2D eigenvalue weighted by molar-refractivity contribution is 0.0984. The molecule has 0 saturated heterocycles. The molecule has 0 fully saturated rings. The molecule has 4 heteroatoms. The minimum Gasteiger partial charge on any atom is -0.288 e. The van der Waals surface area contributed by atoms with Crippen molar-refractivity contribution in [2.75, 3.05) is 4.90 Å². The summed E-state index contributed by atoms with van der Waals surface area (Å²) < 4.78 is 0. The average Bonchev–Trinajstić information content (AvgIpc) is 2.62. The van der Waals surface area contributed by atoms with Crippen LogP contribution in [0.3, 0.4) is 0 Å². The lowest BCUT2D eigenvalue weighted by atomic mass is 10.1.